The number of nitrogens with one attached hydrogen (secondary N) is 2. The molecule has 1 rings (SSSR count). The highest BCUT2D eigenvalue weighted by molar-refractivity contribution is 5.69. The Kier molecular flexibility index (Phi) is 6.19. The lowest BCUT2D eigenvalue weighted by molar-refractivity contribution is -0.141. The first kappa shape index (κ1) is 17.0. The Labute approximate surface area is 120 Å². The molecule has 0 spiro atoms. The quantitative estimate of drug-likeness (QED) is 0.753. The number of carbonyl (C=O) groups is 1. The lowest BCUT2D eigenvalue weighted by atomic mass is 10.3. The van der Waals surface area contributed by atoms with E-state index in [1.54, 1.807) is 0 Å². The molecule has 1 heterocycles. The van der Waals surface area contributed by atoms with Crippen LogP contribution in [-0.4, -0.2) is 36.1 Å². The minimum absolute atomic E-state index is 0.000156. The molecule has 21 heavy (non-hydrogen) atoms. The Morgan fingerprint density at radius 3 is 2.57 bits per heavy atom. The number of nitrogens with zero attached hydrogens (tertiary/aromatic N) is 2. The molecule has 0 aliphatic rings. The van der Waals surface area contributed by atoms with Crippen LogP contribution in [0.4, 0.5) is 24.9 Å². The minimum Gasteiger partial charge on any atom is -0.469 e. The first-order valence-corrected chi connectivity index (χ1v) is 6.37. The number of aromatic nitrogens is 2. The number of rotatable bonds is 7. The van der Waals surface area contributed by atoms with Gasteiger partial charge in [0.2, 0.25) is 5.95 Å². The summed E-state index contributed by atoms with van der Waals surface area (Å²) in [4.78, 5) is 18.3. The van der Waals surface area contributed by atoms with Gasteiger partial charge >= 0.3 is 12.1 Å². The Hall–Kier alpha value is -2.06. The van der Waals surface area contributed by atoms with Gasteiger partial charge in [-0.05, 0) is 6.42 Å². The summed E-state index contributed by atoms with van der Waals surface area (Å²) in [6.45, 7) is 2.45. The lowest BCUT2D eigenvalue weighted by Crippen LogP contribution is -2.16. The summed E-state index contributed by atoms with van der Waals surface area (Å²) in [6, 6.07) is 0.800. The summed E-state index contributed by atoms with van der Waals surface area (Å²) in [5.41, 5.74) is -1.04. The molecule has 118 valence electrons. The van der Waals surface area contributed by atoms with Crippen molar-refractivity contribution in [2.75, 3.05) is 30.8 Å². The monoisotopic (exact) mass is 306 g/mol. The number of hydrogen-bond acceptors (Lipinski definition) is 6. The number of esters is 1. The zero-order chi connectivity index (χ0) is 15.9. The average Bonchev–Trinajstić information content (AvgIpc) is 2.43. The molecule has 0 aliphatic heterocycles. The summed E-state index contributed by atoms with van der Waals surface area (Å²) < 4.78 is 42.7. The van der Waals surface area contributed by atoms with E-state index in [9.17, 15) is 18.0 Å². The van der Waals surface area contributed by atoms with Crippen LogP contribution in [0.2, 0.25) is 0 Å². The molecule has 0 aliphatic carbocycles. The maximum Gasteiger partial charge on any atom is 0.433 e. The Bertz CT molecular complexity index is 480. The van der Waals surface area contributed by atoms with Gasteiger partial charge in [-0.15, -0.1) is 0 Å². The standard InChI is InChI=1S/C12H17F3N4O2/c1-3-5-17-11-18-8(12(13,14)15)7-9(19-11)16-6-4-10(20)21-2/h7H,3-6H2,1-2H3,(H2,16,17,18,19). The van der Waals surface area contributed by atoms with E-state index in [2.05, 4.69) is 25.3 Å². The van der Waals surface area contributed by atoms with Crippen LogP contribution in [0, 0.1) is 0 Å². The van der Waals surface area contributed by atoms with Crippen molar-refractivity contribution < 1.29 is 22.7 Å². The van der Waals surface area contributed by atoms with Gasteiger partial charge in [0.15, 0.2) is 5.69 Å². The highest BCUT2D eigenvalue weighted by Gasteiger charge is 2.33. The number of ether oxygens (including phenoxy) is 1. The van der Waals surface area contributed by atoms with Crippen molar-refractivity contribution >= 4 is 17.7 Å². The molecule has 0 radical (unpaired) electrons. The summed E-state index contributed by atoms with van der Waals surface area (Å²) in [5, 5.41) is 5.35. The number of hydrogen-bond donors (Lipinski definition) is 2. The second-order valence-corrected chi connectivity index (χ2v) is 4.14. The summed E-state index contributed by atoms with van der Waals surface area (Å²) in [5.74, 6) is -0.566. The molecule has 0 aromatic carbocycles. The van der Waals surface area contributed by atoms with Crippen molar-refractivity contribution in [2.24, 2.45) is 0 Å². The molecular formula is C12H17F3N4O2. The number of anilines is 2. The Balaban J connectivity index is 2.83. The Morgan fingerprint density at radius 1 is 1.29 bits per heavy atom. The summed E-state index contributed by atoms with van der Waals surface area (Å²) in [6.07, 6.45) is -3.81. The van der Waals surface area contributed by atoms with E-state index in [4.69, 9.17) is 0 Å². The van der Waals surface area contributed by atoms with Crippen LogP contribution in [0.3, 0.4) is 0 Å². The van der Waals surface area contributed by atoms with Gasteiger partial charge in [-0.1, -0.05) is 6.92 Å². The smallest absolute Gasteiger partial charge is 0.433 e. The van der Waals surface area contributed by atoms with E-state index >= 15 is 0 Å². The van der Waals surface area contributed by atoms with E-state index < -0.39 is 17.8 Å². The second-order valence-electron chi connectivity index (χ2n) is 4.14. The Morgan fingerprint density at radius 2 is 2.00 bits per heavy atom. The highest BCUT2D eigenvalue weighted by Crippen LogP contribution is 2.29. The van der Waals surface area contributed by atoms with Crippen molar-refractivity contribution in [1.29, 1.82) is 0 Å². The van der Waals surface area contributed by atoms with Gasteiger partial charge in [0.25, 0.3) is 0 Å². The molecule has 0 atom stereocenters. The van der Waals surface area contributed by atoms with E-state index in [1.807, 2.05) is 6.92 Å². The van der Waals surface area contributed by atoms with Crippen molar-refractivity contribution in [2.45, 2.75) is 25.9 Å². The number of halogens is 3. The second kappa shape index (κ2) is 7.65. The van der Waals surface area contributed by atoms with Crippen LogP contribution < -0.4 is 10.6 Å². The van der Waals surface area contributed by atoms with E-state index in [0.717, 1.165) is 12.5 Å². The zero-order valence-corrected chi connectivity index (χ0v) is 11.8. The first-order chi connectivity index (χ1) is 9.86. The predicted octanol–water partition coefficient (Wildman–Crippen LogP) is 2.29. The molecular weight excluding hydrogens is 289 g/mol. The molecule has 9 heteroatoms. The molecule has 0 saturated heterocycles. The van der Waals surface area contributed by atoms with Crippen LogP contribution >= 0.6 is 0 Å². The predicted molar refractivity (Wildman–Crippen MR) is 70.9 cm³/mol. The van der Waals surface area contributed by atoms with E-state index in [-0.39, 0.29) is 24.7 Å². The molecule has 0 fully saturated rings. The SMILES string of the molecule is CCCNc1nc(NCCC(=O)OC)cc(C(F)(F)F)n1. The molecule has 0 saturated carbocycles. The molecule has 2 N–H and O–H groups in total. The molecule has 0 bridgehead atoms. The normalized spacial score (nSPS) is 11.1. The van der Waals surface area contributed by atoms with Gasteiger partial charge in [0.05, 0.1) is 13.5 Å². The third-order valence-corrected chi connectivity index (χ3v) is 2.41. The van der Waals surface area contributed by atoms with Crippen molar-refractivity contribution in [3.8, 4) is 0 Å². The number of carbonyl (C=O) groups excluding carboxylic acids is 1. The third kappa shape index (κ3) is 5.84. The van der Waals surface area contributed by atoms with Crippen molar-refractivity contribution in [1.82, 2.24) is 9.97 Å². The molecule has 1 aromatic heterocycles. The van der Waals surface area contributed by atoms with Crippen LogP contribution in [-0.2, 0) is 15.7 Å². The fraction of sp³-hybridized carbons (Fsp3) is 0.583. The highest BCUT2D eigenvalue weighted by atomic mass is 19.4. The van der Waals surface area contributed by atoms with Crippen LogP contribution in [0.25, 0.3) is 0 Å². The van der Waals surface area contributed by atoms with E-state index in [0.29, 0.717) is 6.54 Å². The fourth-order valence-electron chi connectivity index (χ4n) is 1.39. The van der Waals surface area contributed by atoms with Gasteiger partial charge in [-0.3, -0.25) is 4.79 Å². The third-order valence-electron chi connectivity index (χ3n) is 2.41. The summed E-state index contributed by atoms with van der Waals surface area (Å²) >= 11 is 0. The molecule has 6 nitrogen and oxygen atoms in total. The molecule has 1 aromatic rings. The van der Waals surface area contributed by atoms with Crippen molar-refractivity contribution in [3.63, 3.8) is 0 Å². The van der Waals surface area contributed by atoms with Gasteiger partial charge in [0.1, 0.15) is 5.82 Å². The van der Waals surface area contributed by atoms with Crippen LogP contribution in [0.15, 0.2) is 6.07 Å². The largest absolute Gasteiger partial charge is 0.469 e. The molecule has 0 amide bonds. The van der Waals surface area contributed by atoms with Crippen molar-refractivity contribution in [3.05, 3.63) is 11.8 Å². The van der Waals surface area contributed by atoms with Gasteiger partial charge < -0.3 is 15.4 Å². The fourth-order valence-corrected chi connectivity index (χ4v) is 1.39. The minimum atomic E-state index is -4.57. The topological polar surface area (TPSA) is 76.1 Å². The van der Waals surface area contributed by atoms with Gasteiger partial charge in [-0.2, -0.15) is 18.2 Å². The van der Waals surface area contributed by atoms with Gasteiger partial charge in [0, 0.05) is 19.2 Å². The van der Waals surface area contributed by atoms with Gasteiger partial charge in [-0.25, -0.2) is 4.98 Å². The zero-order valence-electron chi connectivity index (χ0n) is 11.8. The van der Waals surface area contributed by atoms with E-state index in [1.165, 1.54) is 7.11 Å². The maximum atomic E-state index is 12.8. The number of methoxy groups -OCH3 is 1. The number of alkyl halides is 3. The molecule has 0 unspecified atom stereocenters. The maximum absolute atomic E-state index is 12.8. The van der Waals surface area contributed by atoms with Crippen LogP contribution in [0.5, 0.6) is 0 Å². The lowest BCUT2D eigenvalue weighted by Gasteiger charge is -2.12. The summed E-state index contributed by atoms with van der Waals surface area (Å²) in [7, 11) is 1.24. The van der Waals surface area contributed by atoms with Crippen LogP contribution in [0.1, 0.15) is 25.5 Å². The first-order valence-electron chi connectivity index (χ1n) is 6.37. The average molecular weight is 306 g/mol.